The van der Waals surface area contributed by atoms with Gasteiger partial charge in [-0.2, -0.15) is 13.1 Å². The molecule has 0 radical (unpaired) electrons. The van der Waals surface area contributed by atoms with E-state index in [0.29, 0.717) is 25.9 Å². The molecular formula is C7H15N3O3S. The molecule has 0 aliphatic carbocycles. The van der Waals surface area contributed by atoms with Crippen molar-refractivity contribution in [3.05, 3.63) is 0 Å². The Morgan fingerprint density at radius 1 is 1.57 bits per heavy atom. The molecular weight excluding hydrogens is 206 g/mol. The normalized spacial score (nSPS) is 23.2. The summed E-state index contributed by atoms with van der Waals surface area (Å²) >= 11 is 0. The summed E-state index contributed by atoms with van der Waals surface area (Å²) in [4.78, 5) is 10.8. The molecule has 1 aliphatic heterocycles. The van der Waals surface area contributed by atoms with Gasteiger partial charge in [-0.05, 0) is 6.42 Å². The van der Waals surface area contributed by atoms with Gasteiger partial charge in [0.2, 0.25) is 5.91 Å². The topological polar surface area (TPSA) is 87.3 Å². The average Bonchev–Trinajstić information content (AvgIpc) is 2.08. The van der Waals surface area contributed by atoms with E-state index in [4.69, 9.17) is 0 Å². The molecule has 0 bridgehead atoms. The molecule has 7 heteroatoms. The maximum Gasteiger partial charge on any atom is 0.277 e. The number of hydrogen-bond acceptors (Lipinski definition) is 3. The molecule has 0 saturated carbocycles. The highest BCUT2D eigenvalue weighted by Gasteiger charge is 2.21. The molecule has 1 amide bonds. The highest BCUT2D eigenvalue weighted by Crippen LogP contribution is 2.03. The monoisotopic (exact) mass is 221 g/mol. The second-order valence-electron chi connectivity index (χ2n) is 3.16. The Morgan fingerprint density at radius 3 is 2.79 bits per heavy atom. The van der Waals surface area contributed by atoms with E-state index in [1.165, 1.54) is 0 Å². The van der Waals surface area contributed by atoms with Crippen LogP contribution in [0.2, 0.25) is 0 Å². The summed E-state index contributed by atoms with van der Waals surface area (Å²) in [5, 5.41) is 2.60. The Hall–Kier alpha value is -0.660. The number of rotatable bonds is 4. The van der Waals surface area contributed by atoms with E-state index in [1.54, 1.807) is 6.92 Å². The van der Waals surface area contributed by atoms with Crippen molar-refractivity contribution < 1.29 is 13.2 Å². The van der Waals surface area contributed by atoms with Crippen LogP contribution in [0.5, 0.6) is 0 Å². The number of carbonyl (C=O) groups is 1. The van der Waals surface area contributed by atoms with Crippen LogP contribution in [0, 0.1) is 0 Å². The summed E-state index contributed by atoms with van der Waals surface area (Å²) in [6, 6.07) is -0.197. The van der Waals surface area contributed by atoms with Crippen molar-refractivity contribution in [3.63, 3.8) is 0 Å². The predicted molar refractivity (Wildman–Crippen MR) is 51.8 cm³/mol. The first-order valence-corrected chi connectivity index (χ1v) is 6.05. The Bertz CT molecular complexity index is 291. The summed E-state index contributed by atoms with van der Waals surface area (Å²) < 4.78 is 27.3. The predicted octanol–water partition coefficient (Wildman–Crippen LogP) is -1.29. The van der Waals surface area contributed by atoms with Crippen molar-refractivity contribution in [1.82, 2.24) is 14.8 Å². The minimum absolute atomic E-state index is 0.0242. The van der Waals surface area contributed by atoms with Gasteiger partial charge in [-0.15, -0.1) is 0 Å². The highest BCUT2D eigenvalue weighted by molar-refractivity contribution is 7.87. The lowest BCUT2D eigenvalue weighted by atomic mass is 10.1. The fourth-order valence-electron chi connectivity index (χ4n) is 1.28. The zero-order chi connectivity index (χ0) is 10.6. The van der Waals surface area contributed by atoms with Gasteiger partial charge in [0, 0.05) is 25.6 Å². The molecule has 0 aromatic rings. The highest BCUT2D eigenvalue weighted by atomic mass is 32.2. The van der Waals surface area contributed by atoms with Crippen LogP contribution in [0.15, 0.2) is 0 Å². The molecule has 14 heavy (non-hydrogen) atoms. The van der Waals surface area contributed by atoms with Gasteiger partial charge in [0.1, 0.15) is 0 Å². The second kappa shape index (κ2) is 4.72. The molecule has 1 heterocycles. The van der Waals surface area contributed by atoms with Gasteiger partial charge in [0.25, 0.3) is 10.2 Å². The Kier molecular flexibility index (Phi) is 3.85. The third-order valence-electron chi connectivity index (χ3n) is 1.92. The lowest BCUT2D eigenvalue weighted by Gasteiger charge is -2.23. The molecule has 6 nitrogen and oxygen atoms in total. The van der Waals surface area contributed by atoms with Gasteiger partial charge in [0.15, 0.2) is 0 Å². The largest absolute Gasteiger partial charge is 0.355 e. The van der Waals surface area contributed by atoms with Crippen LogP contribution in [-0.2, 0) is 15.0 Å². The number of nitrogens with one attached hydrogen (secondary N) is 3. The Morgan fingerprint density at radius 2 is 2.29 bits per heavy atom. The lowest BCUT2D eigenvalue weighted by molar-refractivity contribution is -0.122. The van der Waals surface area contributed by atoms with Crippen molar-refractivity contribution in [2.24, 2.45) is 0 Å². The standard InChI is InChI=1S/C7H15N3O3S/c1-2-9-14(12,13)10-6-3-4-7(11)8-5-6/h6,9-10H,2-5H2,1H3,(H,8,11). The van der Waals surface area contributed by atoms with Crippen molar-refractivity contribution in [1.29, 1.82) is 0 Å². The number of hydrogen-bond donors (Lipinski definition) is 3. The molecule has 82 valence electrons. The summed E-state index contributed by atoms with van der Waals surface area (Å²) in [5.74, 6) is -0.0242. The van der Waals surface area contributed by atoms with Crippen LogP contribution in [0.4, 0.5) is 0 Å². The van der Waals surface area contributed by atoms with Gasteiger partial charge in [-0.1, -0.05) is 6.92 Å². The molecule has 0 aromatic carbocycles. The van der Waals surface area contributed by atoms with E-state index in [1.807, 2.05) is 0 Å². The molecule has 1 unspecified atom stereocenters. The molecule has 1 aliphatic rings. The van der Waals surface area contributed by atoms with Gasteiger partial charge in [0.05, 0.1) is 0 Å². The minimum atomic E-state index is -3.40. The quantitative estimate of drug-likeness (QED) is 0.552. The maximum absolute atomic E-state index is 11.2. The number of amides is 1. The molecule has 1 rings (SSSR count). The maximum atomic E-state index is 11.2. The first-order valence-electron chi connectivity index (χ1n) is 4.57. The SMILES string of the molecule is CCNS(=O)(=O)NC1CCC(=O)NC1. The van der Waals surface area contributed by atoms with E-state index in [-0.39, 0.29) is 11.9 Å². The first-order chi connectivity index (χ1) is 6.53. The molecule has 0 spiro atoms. The van der Waals surface area contributed by atoms with E-state index in [9.17, 15) is 13.2 Å². The third kappa shape index (κ3) is 3.60. The summed E-state index contributed by atoms with van der Waals surface area (Å²) in [6.07, 6.45) is 0.926. The van der Waals surface area contributed by atoms with E-state index in [2.05, 4.69) is 14.8 Å². The van der Waals surface area contributed by atoms with E-state index < -0.39 is 10.2 Å². The van der Waals surface area contributed by atoms with Crippen molar-refractivity contribution in [2.75, 3.05) is 13.1 Å². The Balaban J connectivity index is 2.41. The van der Waals surface area contributed by atoms with Crippen LogP contribution in [0.1, 0.15) is 19.8 Å². The molecule has 0 aromatic heterocycles. The summed E-state index contributed by atoms with van der Waals surface area (Å²) in [6.45, 7) is 2.43. The van der Waals surface area contributed by atoms with E-state index in [0.717, 1.165) is 0 Å². The second-order valence-corrected chi connectivity index (χ2v) is 4.69. The van der Waals surface area contributed by atoms with Crippen molar-refractivity contribution >= 4 is 16.1 Å². The van der Waals surface area contributed by atoms with Crippen LogP contribution in [0.25, 0.3) is 0 Å². The fraction of sp³-hybridized carbons (Fsp3) is 0.857. The van der Waals surface area contributed by atoms with Crippen LogP contribution in [-0.4, -0.2) is 33.5 Å². The Labute approximate surface area is 83.6 Å². The lowest BCUT2D eigenvalue weighted by Crippen LogP contribution is -2.50. The van der Waals surface area contributed by atoms with Gasteiger partial charge >= 0.3 is 0 Å². The van der Waals surface area contributed by atoms with E-state index >= 15 is 0 Å². The van der Waals surface area contributed by atoms with Crippen LogP contribution >= 0.6 is 0 Å². The van der Waals surface area contributed by atoms with Gasteiger partial charge < -0.3 is 5.32 Å². The zero-order valence-electron chi connectivity index (χ0n) is 8.04. The van der Waals surface area contributed by atoms with Gasteiger partial charge in [-0.3, -0.25) is 4.79 Å². The zero-order valence-corrected chi connectivity index (χ0v) is 8.86. The number of piperidine rings is 1. The van der Waals surface area contributed by atoms with Crippen molar-refractivity contribution in [3.8, 4) is 0 Å². The first kappa shape index (κ1) is 11.4. The van der Waals surface area contributed by atoms with Gasteiger partial charge in [-0.25, -0.2) is 4.72 Å². The molecule has 1 saturated heterocycles. The number of carbonyl (C=O) groups excluding carboxylic acids is 1. The minimum Gasteiger partial charge on any atom is -0.355 e. The molecule has 1 atom stereocenters. The average molecular weight is 221 g/mol. The fourth-order valence-corrected chi connectivity index (χ4v) is 2.39. The van der Waals surface area contributed by atoms with Crippen LogP contribution < -0.4 is 14.8 Å². The third-order valence-corrected chi connectivity index (χ3v) is 3.23. The van der Waals surface area contributed by atoms with Crippen molar-refractivity contribution in [2.45, 2.75) is 25.8 Å². The molecule has 1 fully saturated rings. The van der Waals surface area contributed by atoms with Crippen LogP contribution in [0.3, 0.4) is 0 Å². The summed E-state index contributed by atoms with van der Waals surface area (Å²) in [7, 11) is -3.40. The molecule has 3 N–H and O–H groups in total. The smallest absolute Gasteiger partial charge is 0.277 e. The summed E-state index contributed by atoms with van der Waals surface area (Å²) in [5.41, 5.74) is 0.